The van der Waals surface area contributed by atoms with Crippen molar-refractivity contribution in [2.45, 2.75) is 26.2 Å². The average molecular weight is 300 g/mol. The third-order valence-electron chi connectivity index (χ3n) is 3.45. The molecule has 0 N–H and O–H groups in total. The van der Waals surface area contributed by atoms with Gasteiger partial charge in [-0.1, -0.05) is 42.5 Å². The van der Waals surface area contributed by atoms with Gasteiger partial charge in [0.25, 0.3) is 0 Å². The zero-order valence-corrected chi connectivity index (χ0v) is 12.9. The van der Waals surface area contributed by atoms with Crippen molar-refractivity contribution in [3.8, 4) is 0 Å². The van der Waals surface area contributed by atoms with Crippen LogP contribution < -0.4 is 0 Å². The summed E-state index contributed by atoms with van der Waals surface area (Å²) in [6.07, 6.45) is -0.0132. The van der Waals surface area contributed by atoms with E-state index in [1.165, 1.54) is 0 Å². The van der Waals surface area contributed by atoms with Crippen molar-refractivity contribution in [1.82, 2.24) is 0 Å². The minimum atomic E-state index is -0.648. The molecule has 0 aliphatic carbocycles. The summed E-state index contributed by atoms with van der Waals surface area (Å²) in [7, 11) is 0. The van der Waals surface area contributed by atoms with E-state index in [4.69, 9.17) is 9.47 Å². The summed E-state index contributed by atoms with van der Waals surface area (Å²) in [5, 5.41) is 1.98. The summed E-state index contributed by atoms with van der Waals surface area (Å²) in [6.45, 7) is 4.07. The molecule has 0 saturated carbocycles. The summed E-state index contributed by atoms with van der Waals surface area (Å²) in [6, 6.07) is 13.5. The molecule has 2 aromatic carbocycles. The van der Waals surface area contributed by atoms with Crippen LogP contribution in [0.4, 0.5) is 0 Å². The molecule has 0 fully saturated rings. The summed E-state index contributed by atoms with van der Waals surface area (Å²) in [5.74, 6) is -1.44. The maximum Gasteiger partial charge on any atom is 0.314 e. The highest BCUT2D eigenvalue weighted by Crippen LogP contribution is 2.29. The van der Waals surface area contributed by atoms with E-state index in [-0.39, 0.29) is 13.0 Å². The second kappa shape index (κ2) is 7.59. The quantitative estimate of drug-likeness (QED) is 0.767. The van der Waals surface area contributed by atoms with Gasteiger partial charge in [-0.05, 0) is 30.2 Å². The van der Waals surface area contributed by atoms with Crippen molar-refractivity contribution in [2.24, 2.45) is 0 Å². The van der Waals surface area contributed by atoms with Crippen LogP contribution in [0.2, 0.25) is 0 Å². The lowest BCUT2D eigenvalue weighted by Gasteiger charge is -2.17. The van der Waals surface area contributed by atoms with Gasteiger partial charge in [-0.2, -0.15) is 0 Å². The topological polar surface area (TPSA) is 52.6 Å². The van der Waals surface area contributed by atoms with Crippen LogP contribution in [-0.4, -0.2) is 25.2 Å². The highest BCUT2D eigenvalue weighted by Gasteiger charge is 2.27. The summed E-state index contributed by atoms with van der Waals surface area (Å²) < 4.78 is 10.1. The molecule has 2 rings (SSSR count). The predicted octanol–water partition coefficient (Wildman–Crippen LogP) is 3.44. The number of carbonyl (C=O) groups excluding carboxylic acids is 2. The normalized spacial score (nSPS) is 11.9. The first kappa shape index (κ1) is 16.0. The van der Waals surface area contributed by atoms with Gasteiger partial charge >= 0.3 is 11.9 Å². The SMILES string of the molecule is CCOC(=O)CC(C(=O)OCC)c1cccc2ccccc12. The van der Waals surface area contributed by atoms with E-state index in [0.717, 1.165) is 16.3 Å². The van der Waals surface area contributed by atoms with Gasteiger partial charge in [0.1, 0.15) is 0 Å². The molecule has 1 atom stereocenters. The number of fused-ring (bicyclic) bond motifs is 1. The highest BCUT2D eigenvalue weighted by atomic mass is 16.5. The van der Waals surface area contributed by atoms with Crippen LogP contribution in [0.3, 0.4) is 0 Å². The Morgan fingerprint density at radius 1 is 0.955 bits per heavy atom. The van der Waals surface area contributed by atoms with Crippen LogP contribution in [0.15, 0.2) is 42.5 Å². The number of rotatable bonds is 6. The number of hydrogen-bond donors (Lipinski definition) is 0. The van der Waals surface area contributed by atoms with E-state index in [0.29, 0.717) is 6.61 Å². The van der Waals surface area contributed by atoms with Gasteiger partial charge in [0.05, 0.1) is 25.6 Å². The van der Waals surface area contributed by atoms with Gasteiger partial charge in [0, 0.05) is 0 Å². The highest BCUT2D eigenvalue weighted by molar-refractivity contribution is 5.93. The van der Waals surface area contributed by atoms with Gasteiger partial charge < -0.3 is 9.47 Å². The molecule has 0 aliphatic heterocycles. The Kier molecular flexibility index (Phi) is 5.53. The monoisotopic (exact) mass is 300 g/mol. The van der Waals surface area contributed by atoms with Gasteiger partial charge in [-0.3, -0.25) is 9.59 Å². The molecule has 4 nitrogen and oxygen atoms in total. The first-order valence-corrected chi connectivity index (χ1v) is 7.47. The van der Waals surface area contributed by atoms with Crippen molar-refractivity contribution >= 4 is 22.7 Å². The Bertz CT molecular complexity index is 658. The molecule has 0 radical (unpaired) electrons. The molecule has 22 heavy (non-hydrogen) atoms. The van der Waals surface area contributed by atoms with E-state index in [1.54, 1.807) is 13.8 Å². The van der Waals surface area contributed by atoms with Crippen molar-refractivity contribution < 1.29 is 19.1 Å². The van der Waals surface area contributed by atoms with E-state index in [9.17, 15) is 9.59 Å². The largest absolute Gasteiger partial charge is 0.466 e. The smallest absolute Gasteiger partial charge is 0.314 e. The number of hydrogen-bond acceptors (Lipinski definition) is 4. The van der Waals surface area contributed by atoms with Crippen LogP contribution in [0, 0.1) is 0 Å². The second-order valence-electron chi connectivity index (χ2n) is 4.88. The van der Waals surface area contributed by atoms with E-state index in [1.807, 2.05) is 42.5 Å². The third kappa shape index (κ3) is 3.64. The molecule has 0 aromatic heterocycles. The molecule has 116 valence electrons. The van der Waals surface area contributed by atoms with E-state index < -0.39 is 17.9 Å². The maximum atomic E-state index is 12.3. The Labute approximate surface area is 130 Å². The van der Waals surface area contributed by atoms with Crippen molar-refractivity contribution in [3.63, 3.8) is 0 Å². The molecule has 1 unspecified atom stereocenters. The molecule has 0 saturated heterocycles. The fourth-order valence-electron chi connectivity index (χ4n) is 2.50. The van der Waals surface area contributed by atoms with Crippen LogP contribution in [0.5, 0.6) is 0 Å². The molecular weight excluding hydrogens is 280 g/mol. The molecule has 0 heterocycles. The summed E-state index contributed by atoms with van der Waals surface area (Å²) >= 11 is 0. The van der Waals surface area contributed by atoms with Crippen LogP contribution >= 0.6 is 0 Å². The first-order valence-electron chi connectivity index (χ1n) is 7.47. The number of benzene rings is 2. The van der Waals surface area contributed by atoms with Crippen LogP contribution in [-0.2, 0) is 19.1 Å². The number of carbonyl (C=O) groups is 2. The second-order valence-corrected chi connectivity index (χ2v) is 4.88. The minimum absolute atomic E-state index is 0.0132. The molecule has 0 bridgehead atoms. The Hall–Kier alpha value is -2.36. The zero-order chi connectivity index (χ0) is 15.9. The lowest BCUT2D eigenvalue weighted by Crippen LogP contribution is -2.21. The van der Waals surface area contributed by atoms with Crippen LogP contribution in [0.25, 0.3) is 10.8 Å². The molecule has 0 aliphatic rings. The third-order valence-corrected chi connectivity index (χ3v) is 3.45. The van der Waals surface area contributed by atoms with Crippen molar-refractivity contribution in [3.05, 3.63) is 48.0 Å². The Morgan fingerprint density at radius 2 is 1.64 bits per heavy atom. The fourth-order valence-corrected chi connectivity index (χ4v) is 2.50. The van der Waals surface area contributed by atoms with Gasteiger partial charge in [0.2, 0.25) is 0 Å². The standard InChI is InChI=1S/C18H20O4/c1-3-21-17(19)12-16(18(20)22-4-2)15-11-7-9-13-8-5-6-10-14(13)15/h5-11,16H,3-4,12H2,1-2H3. The Balaban J connectivity index is 2.42. The zero-order valence-electron chi connectivity index (χ0n) is 12.9. The van der Waals surface area contributed by atoms with Gasteiger partial charge in [-0.15, -0.1) is 0 Å². The molecular formula is C18H20O4. The number of esters is 2. The first-order chi connectivity index (χ1) is 10.7. The van der Waals surface area contributed by atoms with Gasteiger partial charge in [0.15, 0.2) is 0 Å². The number of ether oxygens (including phenoxy) is 2. The van der Waals surface area contributed by atoms with Crippen molar-refractivity contribution in [2.75, 3.05) is 13.2 Å². The predicted molar refractivity (Wildman–Crippen MR) is 84.6 cm³/mol. The molecule has 2 aromatic rings. The van der Waals surface area contributed by atoms with E-state index in [2.05, 4.69) is 0 Å². The van der Waals surface area contributed by atoms with Crippen LogP contribution in [0.1, 0.15) is 31.7 Å². The van der Waals surface area contributed by atoms with E-state index >= 15 is 0 Å². The average Bonchev–Trinajstić information content (AvgIpc) is 2.52. The maximum absolute atomic E-state index is 12.3. The van der Waals surface area contributed by atoms with Crippen molar-refractivity contribution in [1.29, 1.82) is 0 Å². The van der Waals surface area contributed by atoms with Gasteiger partial charge in [-0.25, -0.2) is 0 Å². The Morgan fingerprint density at radius 3 is 2.36 bits per heavy atom. The molecule has 0 spiro atoms. The lowest BCUT2D eigenvalue weighted by atomic mass is 9.91. The molecule has 0 amide bonds. The summed E-state index contributed by atoms with van der Waals surface area (Å²) in [4.78, 5) is 24.1. The molecule has 4 heteroatoms. The minimum Gasteiger partial charge on any atom is -0.466 e. The summed E-state index contributed by atoms with van der Waals surface area (Å²) in [5.41, 5.74) is 0.796. The lowest BCUT2D eigenvalue weighted by molar-refractivity contribution is -0.151. The fraction of sp³-hybridized carbons (Fsp3) is 0.333.